The Bertz CT molecular complexity index is 847. The van der Waals surface area contributed by atoms with Gasteiger partial charge in [-0.2, -0.15) is 24.9 Å². The quantitative estimate of drug-likeness (QED) is 0.712. The number of carboxylic acid groups (broad SMARTS) is 1. The number of furan rings is 1. The highest BCUT2D eigenvalue weighted by molar-refractivity contribution is 7.97. The van der Waals surface area contributed by atoms with E-state index in [2.05, 4.69) is 10.3 Å². The molecule has 3 N–H and O–H groups in total. The standard InChI is InChI=1S/C15H21N5O2S.C2HF3O2/c1-23-10-13-2-3-14(22-13)15(21)19-6-4-12(5-7-19)20-9-11(8-16)17-18-20;3-2(4,5)1(6)7/h2-3,9,12H,4-8,10,16H2,1H3;(H,6,7). The number of carboxylic acids is 1. The molecule has 166 valence electrons. The van der Waals surface area contributed by atoms with Crippen LogP contribution in [0.4, 0.5) is 13.2 Å². The number of aliphatic carboxylic acids is 1. The molecule has 0 aliphatic carbocycles. The van der Waals surface area contributed by atoms with Gasteiger partial charge in [-0.05, 0) is 31.2 Å². The van der Waals surface area contributed by atoms with Gasteiger partial charge in [-0.3, -0.25) is 4.79 Å². The van der Waals surface area contributed by atoms with E-state index < -0.39 is 12.1 Å². The Morgan fingerprint density at radius 1 is 1.33 bits per heavy atom. The van der Waals surface area contributed by atoms with Crippen molar-refractivity contribution in [2.24, 2.45) is 5.73 Å². The van der Waals surface area contributed by atoms with Crippen LogP contribution in [0.5, 0.6) is 0 Å². The molecule has 3 heterocycles. The van der Waals surface area contributed by atoms with Crippen molar-refractivity contribution in [3.63, 3.8) is 0 Å². The van der Waals surface area contributed by atoms with Crippen LogP contribution in [-0.2, 0) is 17.1 Å². The Morgan fingerprint density at radius 2 is 1.97 bits per heavy atom. The number of rotatable bonds is 5. The number of thioether (sulfide) groups is 1. The third kappa shape index (κ3) is 6.49. The van der Waals surface area contributed by atoms with Crippen LogP contribution < -0.4 is 5.73 Å². The van der Waals surface area contributed by atoms with E-state index in [4.69, 9.17) is 20.1 Å². The van der Waals surface area contributed by atoms with E-state index in [1.54, 1.807) is 17.8 Å². The van der Waals surface area contributed by atoms with Gasteiger partial charge in [0.1, 0.15) is 5.76 Å². The number of hydrogen-bond acceptors (Lipinski definition) is 7. The highest BCUT2D eigenvalue weighted by Gasteiger charge is 2.38. The maximum Gasteiger partial charge on any atom is 0.490 e. The number of aromatic nitrogens is 3. The SMILES string of the molecule is CSCc1ccc(C(=O)N2CCC(n3cc(CN)nn3)CC2)o1.O=C(O)C(F)(F)F. The minimum absolute atomic E-state index is 0.0305. The first kappa shape index (κ1) is 23.7. The first-order chi connectivity index (χ1) is 14.2. The molecular formula is C17H22F3N5O4S. The lowest BCUT2D eigenvalue weighted by Gasteiger charge is -2.31. The van der Waals surface area contributed by atoms with E-state index >= 15 is 0 Å². The van der Waals surface area contributed by atoms with E-state index in [-0.39, 0.29) is 11.9 Å². The first-order valence-electron chi connectivity index (χ1n) is 8.93. The zero-order valence-corrected chi connectivity index (χ0v) is 16.9. The van der Waals surface area contributed by atoms with Crippen molar-refractivity contribution in [2.75, 3.05) is 19.3 Å². The second-order valence-electron chi connectivity index (χ2n) is 6.42. The number of piperidine rings is 1. The fraction of sp³-hybridized carbons (Fsp3) is 0.529. The molecule has 30 heavy (non-hydrogen) atoms. The molecular weight excluding hydrogens is 427 g/mol. The molecule has 3 rings (SSSR count). The van der Waals surface area contributed by atoms with Gasteiger partial charge in [0, 0.05) is 19.6 Å². The van der Waals surface area contributed by atoms with Crippen molar-refractivity contribution in [1.29, 1.82) is 0 Å². The van der Waals surface area contributed by atoms with Gasteiger partial charge < -0.3 is 20.2 Å². The molecule has 1 aliphatic heterocycles. The second-order valence-corrected chi connectivity index (χ2v) is 7.29. The number of halogens is 3. The highest BCUT2D eigenvalue weighted by atomic mass is 32.2. The molecule has 2 aromatic heterocycles. The van der Waals surface area contributed by atoms with Gasteiger partial charge in [0.15, 0.2) is 5.76 Å². The molecule has 0 saturated carbocycles. The molecule has 1 saturated heterocycles. The van der Waals surface area contributed by atoms with Crippen LogP contribution >= 0.6 is 11.8 Å². The number of alkyl halides is 3. The van der Waals surface area contributed by atoms with Gasteiger partial charge in [-0.1, -0.05) is 5.21 Å². The molecule has 0 spiro atoms. The van der Waals surface area contributed by atoms with Gasteiger partial charge in [0.2, 0.25) is 0 Å². The largest absolute Gasteiger partial charge is 0.490 e. The molecule has 1 amide bonds. The van der Waals surface area contributed by atoms with Gasteiger partial charge in [-0.25, -0.2) is 9.48 Å². The lowest BCUT2D eigenvalue weighted by atomic mass is 10.1. The maximum atomic E-state index is 12.5. The summed E-state index contributed by atoms with van der Waals surface area (Å²) in [5.41, 5.74) is 6.35. The molecule has 0 aromatic carbocycles. The number of carbonyl (C=O) groups is 2. The summed E-state index contributed by atoms with van der Waals surface area (Å²) >= 11 is 1.67. The molecule has 0 atom stereocenters. The first-order valence-corrected chi connectivity index (χ1v) is 10.3. The number of hydrogen-bond donors (Lipinski definition) is 2. The Morgan fingerprint density at radius 3 is 2.47 bits per heavy atom. The molecule has 1 fully saturated rings. The molecule has 13 heteroatoms. The fourth-order valence-electron chi connectivity index (χ4n) is 2.79. The highest BCUT2D eigenvalue weighted by Crippen LogP contribution is 2.24. The number of carbonyl (C=O) groups excluding carboxylic acids is 1. The number of nitrogens with zero attached hydrogens (tertiary/aromatic N) is 4. The summed E-state index contributed by atoms with van der Waals surface area (Å²) in [6, 6.07) is 3.92. The van der Waals surface area contributed by atoms with Crippen molar-refractivity contribution in [3.8, 4) is 0 Å². The lowest BCUT2D eigenvalue weighted by Crippen LogP contribution is -2.39. The van der Waals surface area contributed by atoms with Crippen molar-refractivity contribution in [3.05, 3.63) is 35.5 Å². The van der Waals surface area contributed by atoms with Crippen LogP contribution in [-0.4, -0.2) is 62.4 Å². The number of likely N-dealkylation sites (tertiary alicyclic amines) is 1. The van der Waals surface area contributed by atoms with Gasteiger partial charge in [-0.15, -0.1) is 5.10 Å². The van der Waals surface area contributed by atoms with Crippen LogP contribution in [0.25, 0.3) is 0 Å². The van der Waals surface area contributed by atoms with Crippen LogP contribution in [0.3, 0.4) is 0 Å². The molecule has 1 aliphatic rings. The molecule has 0 radical (unpaired) electrons. The zero-order chi connectivity index (χ0) is 22.3. The van der Waals surface area contributed by atoms with Crippen molar-refractivity contribution >= 4 is 23.6 Å². The van der Waals surface area contributed by atoms with Crippen molar-refractivity contribution < 1.29 is 32.3 Å². The summed E-state index contributed by atoms with van der Waals surface area (Å²) in [6.45, 7) is 1.79. The minimum atomic E-state index is -5.08. The lowest BCUT2D eigenvalue weighted by molar-refractivity contribution is -0.192. The van der Waals surface area contributed by atoms with Crippen LogP contribution in [0, 0.1) is 0 Å². The average molecular weight is 449 g/mol. The van der Waals surface area contributed by atoms with E-state index in [0.29, 0.717) is 25.4 Å². The number of nitrogens with two attached hydrogens (primary N) is 1. The van der Waals surface area contributed by atoms with E-state index in [9.17, 15) is 18.0 Å². The second kappa shape index (κ2) is 10.5. The third-order valence-corrected chi connectivity index (χ3v) is 4.87. The van der Waals surface area contributed by atoms with Crippen molar-refractivity contribution in [1.82, 2.24) is 19.9 Å². The molecule has 0 unspecified atom stereocenters. The van der Waals surface area contributed by atoms with Crippen LogP contribution in [0.15, 0.2) is 22.7 Å². The monoisotopic (exact) mass is 449 g/mol. The summed E-state index contributed by atoms with van der Waals surface area (Å²) in [7, 11) is 0. The minimum Gasteiger partial charge on any atom is -0.475 e. The fourth-order valence-corrected chi connectivity index (χ4v) is 3.23. The van der Waals surface area contributed by atoms with Gasteiger partial charge >= 0.3 is 12.1 Å². The predicted molar refractivity (Wildman–Crippen MR) is 102 cm³/mol. The third-order valence-electron chi connectivity index (χ3n) is 4.29. The Hall–Kier alpha value is -2.54. The predicted octanol–water partition coefficient (Wildman–Crippen LogP) is 2.30. The summed E-state index contributed by atoms with van der Waals surface area (Å²) in [5, 5.41) is 15.3. The molecule has 9 nitrogen and oxygen atoms in total. The average Bonchev–Trinajstić information content (AvgIpc) is 3.37. The molecule has 2 aromatic rings. The zero-order valence-electron chi connectivity index (χ0n) is 16.1. The summed E-state index contributed by atoms with van der Waals surface area (Å²) in [4.78, 5) is 23.2. The normalized spacial score (nSPS) is 14.9. The maximum absolute atomic E-state index is 12.5. The van der Waals surface area contributed by atoms with Crippen LogP contribution in [0.2, 0.25) is 0 Å². The van der Waals surface area contributed by atoms with E-state index in [1.807, 2.05) is 28.1 Å². The van der Waals surface area contributed by atoms with E-state index in [1.165, 1.54) is 0 Å². The van der Waals surface area contributed by atoms with Gasteiger partial charge in [0.05, 0.1) is 23.7 Å². The topological polar surface area (TPSA) is 127 Å². The number of amides is 1. The van der Waals surface area contributed by atoms with Crippen LogP contribution in [0.1, 0.15) is 40.9 Å². The Labute approximate surface area is 174 Å². The Kier molecular flexibility index (Phi) is 8.29. The van der Waals surface area contributed by atoms with E-state index in [0.717, 1.165) is 30.0 Å². The van der Waals surface area contributed by atoms with Gasteiger partial charge in [0.25, 0.3) is 5.91 Å². The summed E-state index contributed by atoms with van der Waals surface area (Å²) in [6.07, 6.45) is 0.535. The van der Waals surface area contributed by atoms with Crippen molar-refractivity contribution in [2.45, 2.75) is 37.4 Å². The molecule has 0 bridgehead atoms. The smallest absolute Gasteiger partial charge is 0.475 e. The summed E-state index contributed by atoms with van der Waals surface area (Å²) < 4.78 is 39.2. The summed E-state index contributed by atoms with van der Waals surface area (Å²) in [5.74, 6) is -0.735. The Balaban J connectivity index is 0.000000396.